The molecule has 1 aromatic heterocycles. The van der Waals surface area contributed by atoms with Crippen molar-refractivity contribution in [1.29, 1.82) is 0 Å². The zero-order valence-corrected chi connectivity index (χ0v) is 11.6. The first-order chi connectivity index (χ1) is 9.74. The molecule has 4 heteroatoms. The number of ether oxygens (including phenoxy) is 1. The highest BCUT2D eigenvalue weighted by atomic mass is 16.5. The molecule has 0 aliphatic carbocycles. The molecule has 2 heterocycles. The standard InChI is InChI=1S/C16H16N2O2/c1-3-8-18-10-14-12(9-15(18)16(19)20-2)11-6-4-5-7-13(11)17-14/h4-7,15,17H,9-10H2,1-2H3. The first kappa shape index (κ1) is 12.6. The van der Waals surface area contributed by atoms with E-state index in [4.69, 9.17) is 4.74 Å². The molecule has 102 valence electrons. The molecule has 1 atom stereocenters. The van der Waals surface area contributed by atoms with Crippen LogP contribution >= 0.6 is 0 Å². The number of nitrogens with one attached hydrogen (secondary N) is 1. The Labute approximate surface area is 117 Å². The van der Waals surface area contributed by atoms with E-state index in [0.29, 0.717) is 13.0 Å². The van der Waals surface area contributed by atoms with Gasteiger partial charge in [-0.2, -0.15) is 0 Å². The Bertz CT molecular complexity index is 721. The van der Waals surface area contributed by atoms with Crippen molar-refractivity contribution in [3.8, 4) is 12.0 Å². The monoisotopic (exact) mass is 268 g/mol. The SMILES string of the molecule is CC#CN1Cc2[nH]c3ccccc3c2CC1C(=O)OC. The van der Waals surface area contributed by atoms with E-state index in [-0.39, 0.29) is 12.0 Å². The summed E-state index contributed by atoms with van der Waals surface area (Å²) in [6.07, 6.45) is 0.626. The van der Waals surface area contributed by atoms with Crippen LogP contribution in [0.1, 0.15) is 18.2 Å². The van der Waals surface area contributed by atoms with Crippen LogP contribution in [0.5, 0.6) is 0 Å². The van der Waals surface area contributed by atoms with Crippen LogP contribution in [0.2, 0.25) is 0 Å². The van der Waals surface area contributed by atoms with E-state index < -0.39 is 0 Å². The predicted molar refractivity (Wildman–Crippen MR) is 76.8 cm³/mol. The molecule has 0 bridgehead atoms. The fourth-order valence-corrected chi connectivity index (χ4v) is 2.82. The maximum Gasteiger partial charge on any atom is 0.329 e. The van der Waals surface area contributed by atoms with Gasteiger partial charge in [0.15, 0.2) is 0 Å². The third kappa shape index (κ3) is 1.92. The molecule has 2 aromatic rings. The predicted octanol–water partition coefficient (Wildman–Crippen LogP) is 2.05. The normalized spacial score (nSPS) is 17.3. The summed E-state index contributed by atoms with van der Waals surface area (Å²) in [7, 11) is 1.42. The Kier molecular flexibility index (Phi) is 3.11. The number of carbonyl (C=O) groups excluding carboxylic acids is 1. The number of hydrogen-bond donors (Lipinski definition) is 1. The number of esters is 1. The molecule has 1 unspecified atom stereocenters. The van der Waals surface area contributed by atoms with E-state index in [1.54, 1.807) is 6.92 Å². The summed E-state index contributed by atoms with van der Waals surface area (Å²) < 4.78 is 4.91. The van der Waals surface area contributed by atoms with Crippen molar-refractivity contribution in [3.63, 3.8) is 0 Å². The van der Waals surface area contributed by atoms with Gasteiger partial charge in [0.2, 0.25) is 0 Å². The summed E-state index contributed by atoms with van der Waals surface area (Å²) >= 11 is 0. The number of methoxy groups -OCH3 is 1. The number of carbonyl (C=O) groups is 1. The van der Waals surface area contributed by atoms with Gasteiger partial charge in [0.25, 0.3) is 0 Å². The van der Waals surface area contributed by atoms with Gasteiger partial charge < -0.3 is 14.6 Å². The van der Waals surface area contributed by atoms with Crippen molar-refractivity contribution < 1.29 is 9.53 Å². The second-order valence-corrected chi connectivity index (χ2v) is 4.86. The van der Waals surface area contributed by atoms with E-state index in [2.05, 4.69) is 29.1 Å². The number of hydrogen-bond acceptors (Lipinski definition) is 3. The van der Waals surface area contributed by atoms with Crippen molar-refractivity contribution in [2.45, 2.75) is 25.9 Å². The zero-order chi connectivity index (χ0) is 14.1. The minimum atomic E-state index is -0.334. The van der Waals surface area contributed by atoms with E-state index in [0.717, 1.165) is 11.2 Å². The number of benzene rings is 1. The highest BCUT2D eigenvalue weighted by Gasteiger charge is 2.33. The highest BCUT2D eigenvalue weighted by Crippen LogP contribution is 2.30. The Morgan fingerprint density at radius 2 is 2.25 bits per heavy atom. The molecule has 0 radical (unpaired) electrons. The summed E-state index contributed by atoms with van der Waals surface area (Å²) in [4.78, 5) is 17.2. The molecule has 1 N–H and O–H groups in total. The number of nitrogens with zero attached hydrogens (tertiary/aromatic N) is 1. The quantitative estimate of drug-likeness (QED) is 0.636. The molecule has 0 fully saturated rings. The van der Waals surface area contributed by atoms with Gasteiger partial charge in [-0.25, -0.2) is 4.79 Å². The van der Waals surface area contributed by atoms with E-state index in [9.17, 15) is 4.79 Å². The third-order valence-corrected chi connectivity index (χ3v) is 3.73. The molecule has 1 aliphatic rings. The minimum absolute atomic E-state index is 0.233. The molecule has 1 aliphatic heterocycles. The zero-order valence-electron chi connectivity index (χ0n) is 11.6. The maximum absolute atomic E-state index is 12.0. The summed E-state index contributed by atoms with van der Waals surface area (Å²) in [5.74, 6) is 2.63. The maximum atomic E-state index is 12.0. The largest absolute Gasteiger partial charge is 0.467 e. The molecule has 0 saturated heterocycles. The van der Waals surface area contributed by atoms with Gasteiger partial charge in [-0.15, -0.1) is 0 Å². The van der Waals surface area contributed by atoms with Crippen LogP contribution in [0.25, 0.3) is 10.9 Å². The highest BCUT2D eigenvalue weighted by molar-refractivity contribution is 5.86. The second-order valence-electron chi connectivity index (χ2n) is 4.86. The molecule has 1 aromatic carbocycles. The van der Waals surface area contributed by atoms with Crippen LogP contribution in [0.3, 0.4) is 0 Å². The molecule has 20 heavy (non-hydrogen) atoms. The molecule has 0 amide bonds. The van der Waals surface area contributed by atoms with Gasteiger partial charge in [0.1, 0.15) is 6.04 Å². The summed E-state index contributed by atoms with van der Waals surface area (Å²) in [5, 5.41) is 1.18. The molecule has 0 saturated carbocycles. The lowest BCUT2D eigenvalue weighted by atomic mass is 9.97. The number of para-hydroxylation sites is 1. The number of H-pyrrole nitrogens is 1. The second kappa shape index (κ2) is 4.93. The van der Waals surface area contributed by atoms with Gasteiger partial charge in [-0.05, 0) is 18.6 Å². The summed E-state index contributed by atoms with van der Waals surface area (Å²) in [6.45, 7) is 2.39. The number of aromatic amines is 1. The van der Waals surface area contributed by atoms with E-state index in [1.165, 1.54) is 18.1 Å². The first-order valence-corrected chi connectivity index (χ1v) is 6.60. The van der Waals surface area contributed by atoms with Crippen molar-refractivity contribution in [2.75, 3.05) is 7.11 Å². The van der Waals surface area contributed by atoms with Crippen LogP contribution in [-0.4, -0.2) is 29.0 Å². The van der Waals surface area contributed by atoms with E-state index >= 15 is 0 Å². The molecule has 0 spiro atoms. The third-order valence-electron chi connectivity index (χ3n) is 3.73. The van der Waals surface area contributed by atoms with Gasteiger partial charge in [0, 0.05) is 29.1 Å². The van der Waals surface area contributed by atoms with Crippen molar-refractivity contribution in [3.05, 3.63) is 35.5 Å². The molecule has 3 rings (SSSR count). The number of rotatable bonds is 1. The fraction of sp³-hybridized carbons (Fsp3) is 0.312. The molecular formula is C16H16N2O2. The Hall–Kier alpha value is -2.41. The molecule has 4 nitrogen and oxygen atoms in total. The summed E-state index contributed by atoms with van der Waals surface area (Å²) in [5.41, 5.74) is 3.44. The lowest BCUT2D eigenvalue weighted by molar-refractivity contribution is -0.146. The first-order valence-electron chi connectivity index (χ1n) is 6.60. The topological polar surface area (TPSA) is 45.3 Å². The van der Waals surface area contributed by atoms with Crippen LogP contribution < -0.4 is 0 Å². The average molecular weight is 268 g/mol. The average Bonchev–Trinajstić information content (AvgIpc) is 2.83. The van der Waals surface area contributed by atoms with E-state index in [1.807, 2.05) is 17.0 Å². The summed E-state index contributed by atoms with van der Waals surface area (Å²) in [6, 6.07) is 10.8. The fourth-order valence-electron chi connectivity index (χ4n) is 2.82. The Balaban J connectivity index is 2.08. The van der Waals surface area contributed by atoms with Gasteiger partial charge in [-0.1, -0.05) is 24.1 Å². The Morgan fingerprint density at radius 1 is 1.45 bits per heavy atom. The number of fused-ring (bicyclic) bond motifs is 3. The van der Waals surface area contributed by atoms with Gasteiger partial charge >= 0.3 is 5.97 Å². The van der Waals surface area contributed by atoms with Crippen molar-refractivity contribution >= 4 is 16.9 Å². The van der Waals surface area contributed by atoms with Crippen LogP contribution in [0.4, 0.5) is 0 Å². The van der Waals surface area contributed by atoms with Crippen molar-refractivity contribution in [2.24, 2.45) is 0 Å². The lowest BCUT2D eigenvalue weighted by Crippen LogP contribution is -2.43. The van der Waals surface area contributed by atoms with Gasteiger partial charge in [-0.3, -0.25) is 0 Å². The minimum Gasteiger partial charge on any atom is -0.467 e. The van der Waals surface area contributed by atoms with Crippen molar-refractivity contribution in [1.82, 2.24) is 9.88 Å². The Morgan fingerprint density at radius 3 is 3.00 bits per heavy atom. The van der Waals surface area contributed by atoms with Gasteiger partial charge in [0.05, 0.1) is 13.7 Å². The molecular weight excluding hydrogens is 252 g/mol. The van der Waals surface area contributed by atoms with Crippen LogP contribution in [-0.2, 0) is 22.5 Å². The smallest absolute Gasteiger partial charge is 0.329 e. The number of aromatic nitrogens is 1. The van der Waals surface area contributed by atoms with Crippen LogP contribution in [0.15, 0.2) is 24.3 Å². The van der Waals surface area contributed by atoms with Crippen LogP contribution in [0, 0.1) is 12.0 Å². The lowest BCUT2D eigenvalue weighted by Gasteiger charge is -2.30.